The van der Waals surface area contributed by atoms with E-state index >= 15 is 0 Å². The van der Waals surface area contributed by atoms with Crippen LogP contribution in [0.3, 0.4) is 0 Å². The standard InChI is InChI=1S/C22H24N4O3/c1-28-13-12-25-15-17(14-20(25)27)22-23-21(16-8-4-3-5-9-16)24-26(22)18-10-6-7-11-19(18)29-2/h3-11,17H,12-15H2,1-2H3/t17-/m1/s1. The molecule has 29 heavy (non-hydrogen) atoms. The number of hydrogen-bond donors (Lipinski definition) is 0. The summed E-state index contributed by atoms with van der Waals surface area (Å²) in [5.74, 6) is 2.17. The maximum atomic E-state index is 12.5. The first-order valence-corrected chi connectivity index (χ1v) is 9.63. The third kappa shape index (κ3) is 3.86. The minimum absolute atomic E-state index is 0.0470. The smallest absolute Gasteiger partial charge is 0.223 e. The summed E-state index contributed by atoms with van der Waals surface area (Å²) in [5, 5.41) is 4.79. The average Bonchev–Trinajstić information content (AvgIpc) is 3.36. The van der Waals surface area contributed by atoms with Gasteiger partial charge in [0.2, 0.25) is 5.91 Å². The number of nitrogens with zero attached hydrogens (tertiary/aromatic N) is 4. The fourth-order valence-corrected chi connectivity index (χ4v) is 3.64. The van der Waals surface area contributed by atoms with Crippen molar-refractivity contribution in [1.29, 1.82) is 0 Å². The largest absolute Gasteiger partial charge is 0.494 e. The molecule has 1 saturated heterocycles. The van der Waals surface area contributed by atoms with E-state index < -0.39 is 0 Å². The predicted octanol–water partition coefficient (Wildman–Crippen LogP) is 2.91. The van der Waals surface area contributed by atoms with Gasteiger partial charge in [0.25, 0.3) is 0 Å². The van der Waals surface area contributed by atoms with Crippen LogP contribution in [0, 0.1) is 0 Å². The number of para-hydroxylation sites is 2. The second-order valence-corrected chi connectivity index (χ2v) is 6.98. The fourth-order valence-electron chi connectivity index (χ4n) is 3.64. The first-order valence-electron chi connectivity index (χ1n) is 9.63. The molecule has 0 saturated carbocycles. The van der Waals surface area contributed by atoms with Crippen molar-refractivity contribution >= 4 is 5.91 Å². The van der Waals surface area contributed by atoms with Crippen LogP contribution < -0.4 is 4.74 Å². The van der Waals surface area contributed by atoms with Gasteiger partial charge in [-0.1, -0.05) is 42.5 Å². The normalized spacial score (nSPS) is 16.4. The van der Waals surface area contributed by atoms with Crippen molar-refractivity contribution < 1.29 is 14.3 Å². The van der Waals surface area contributed by atoms with E-state index in [4.69, 9.17) is 19.6 Å². The lowest BCUT2D eigenvalue weighted by Crippen LogP contribution is -2.28. The number of ether oxygens (including phenoxy) is 2. The first-order chi connectivity index (χ1) is 14.2. The molecule has 0 N–H and O–H groups in total. The Labute approximate surface area is 169 Å². The summed E-state index contributed by atoms with van der Waals surface area (Å²) in [6, 6.07) is 17.6. The van der Waals surface area contributed by atoms with Crippen LogP contribution >= 0.6 is 0 Å². The van der Waals surface area contributed by atoms with Crippen LogP contribution in [-0.4, -0.2) is 59.5 Å². The SMILES string of the molecule is COCCN1C[C@H](c2nc(-c3ccccc3)nn2-c2ccccc2OC)CC1=O. The summed E-state index contributed by atoms with van der Waals surface area (Å²) in [7, 11) is 3.28. The number of rotatable bonds is 7. The summed E-state index contributed by atoms with van der Waals surface area (Å²) >= 11 is 0. The number of aromatic nitrogens is 3. The molecule has 0 spiro atoms. The maximum absolute atomic E-state index is 12.5. The predicted molar refractivity (Wildman–Crippen MR) is 109 cm³/mol. The molecule has 7 heteroatoms. The second-order valence-electron chi connectivity index (χ2n) is 6.98. The van der Waals surface area contributed by atoms with Crippen molar-refractivity contribution in [2.75, 3.05) is 33.9 Å². The Bertz CT molecular complexity index is 987. The minimum atomic E-state index is -0.0470. The number of hydrogen-bond acceptors (Lipinski definition) is 5. The van der Waals surface area contributed by atoms with Crippen LogP contribution in [0.15, 0.2) is 54.6 Å². The molecule has 1 aliphatic heterocycles. The van der Waals surface area contributed by atoms with E-state index in [9.17, 15) is 4.79 Å². The van der Waals surface area contributed by atoms with Crippen LogP contribution in [0.1, 0.15) is 18.2 Å². The zero-order valence-electron chi connectivity index (χ0n) is 16.6. The molecule has 0 radical (unpaired) electrons. The molecule has 4 rings (SSSR count). The Morgan fingerprint density at radius 2 is 1.83 bits per heavy atom. The number of amides is 1. The third-order valence-electron chi connectivity index (χ3n) is 5.12. The Morgan fingerprint density at radius 3 is 2.59 bits per heavy atom. The fraction of sp³-hybridized carbons (Fsp3) is 0.318. The van der Waals surface area contributed by atoms with Gasteiger partial charge < -0.3 is 14.4 Å². The van der Waals surface area contributed by atoms with E-state index in [2.05, 4.69) is 0 Å². The molecule has 2 aromatic carbocycles. The quantitative estimate of drug-likeness (QED) is 0.618. The van der Waals surface area contributed by atoms with E-state index in [0.717, 1.165) is 17.1 Å². The van der Waals surface area contributed by atoms with Gasteiger partial charge >= 0.3 is 0 Å². The van der Waals surface area contributed by atoms with Gasteiger partial charge in [-0.2, -0.15) is 0 Å². The molecule has 0 bridgehead atoms. The van der Waals surface area contributed by atoms with Crippen molar-refractivity contribution in [1.82, 2.24) is 19.7 Å². The number of carbonyl (C=O) groups is 1. The van der Waals surface area contributed by atoms with Crippen LogP contribution in [0.25, 0.3) is 17.1 Å². The first kappa shape index (κ1) is 19.1. The molecule has 1 aromatic heterocycles. The van der Waals surface area contributed by atoms with Crippen molar-refractivity contribution in [2.24, 2.45) is 0 Å². The highest BCUT2D eigenvalue weighted by Gasteiger charge is 2.34. The Balaban J connectivity index is 1.76. The zero-order chi connectivity index (χ0) is 20.2. The van der Waals surface area contributed by atoms with Gasteiger partial charge in [0, 0.05) is 38.1 Å². The number of likely N-dealkylation sites (tertiary alicyclic amines) is 1. The van der Waals surface area contributed by atoms with E-state index in [1.54, 1.807) is 14.2 Å². The zero-order valence-corrected chi connectivity index (χ0v) is 16.6. The summed E-state index contributed by atoms with van der Waals surface area (Å²) in [5.41, 5.74) is 1.74. The summed E-state index contributed by atoms with van der Waals surface area (Å²) < 4.78 is 12.5. The van der Waals surface area contributed by atoms with E-state index in [1.165, 1.54) is 0 Å². The van der Waals surface area contributed by atoms with Crippen LogP contribution in [0.4, 0.5) is 0 Å². The van der Waals surface area contributed by atoms with Crippen LogP contribution in [0.2, 0.25) is 0 Å². The molecule has 1 amide bonds. The molecule has 3 aromatic rings. The van der Waals surface area contributed by atoms with Crippen molar-refractivity contribution in [3.8, 4) is 22.8 Å². The molecular weight excluding hydrogens is 368 g/mol. The number of methoxy groups -OCH3 is 2. The molecule has 7 nitrogen and oxygen atoms in total. The monoisotopic (exact) mass is 392 g/mol. The summed E-state index contributed by atoms with van der Waals surface area (Å²) in [6.45, 7) is 1.71. The van der Waals surface area contributed by atoms with E-state index in [-0.39, 0.29) is 11.8 Å². The Kier molecular flexibility index (Phi) is 5.57. The van der Waals surface area contributed by atoms with Gasteiger partial charge in [0.15, 0.2) is 5.82 Å². The second kappa shape index (κ2) is 8.45. The third-order valence-corrected chi connectivity index (χ3v) is 5.12. The average molecular weight is 392 g/mol. The maximum Gasteiger partial charge on any atom is 0.223 e. The lowest BCUT2D eigenvalue weighted by Gasteiger charge is -2.16. The van der Waals surface area contributed by atoms with Gasteiger partial charge in [0.05, 0.1) is 13.7 Å². The summed E-state index contributed by atoms with van der Waals surface area (Å²) in [6.07, 6.45) is 0.409. The van der Waals surface area contributed by atoms with Gasteiger partial charge in [-0.25, -0.2) is 9.67 Å². The Morgan fingerprint density at radius 1 is 1.07 bits per heavy atom. The highest BCUT2D eigenvalue weighted by atomic mass is 16.5. The molecule has 0 unspecified atom stereocenters. The minimum Gasteiger partial charge on any atom is -0.494 e. The van der Waals surface area contributed by atoms with E-state index in [0.29, 0.717) is 37.7 Å². The molecule has 1 atom stereocenters. The highest BCUT2D eigenvalue weighted by molar-refractivity contribution is 5.79. The number of benzene rings is 2. The lowest BCUT2D eigenvalue weighted by atomic mass is 10.1. The van der Waals surface area contributed by atoms with Gasteiger partial charge in [-0.05, 0) is 12.1 Å². The molecule has 150 valence electrons. The molecular formula is C22H24N4O3. The van der Waals surface area contributed by atoms with Gasteiger partial charge in [-0.15, -0.1) is 5.10 Å². The molecule has 2 heterocycles. The Hall–Kier alpha value is -3.19. The van der Waals surface area contributed by atoms with Crippen molar-refractivity contribution in [3.63, 3.8) is 0 Å². The van der Waals surface area contributed by atoms with Crippen LogP contribution in [-0.2, 0) is 9.53 Å². The van der Waals surface area contributed by atoms with Gasteiger partial charge in [-0.3, -0.25) is 4.79 Å². The highest BCUT2D eigenvalue weighted by Crippen LogP contribution is 2.32. The van der Waals surface area contributed by atoms with E-state index in [1.807, 2.05) is 64.2 Å². The van der Waals surface area contributed by atoms with Crippen LogP contribution in [0.5, 0.6) is 5.75 Å². The summed E-state index contributed by atoms with van der Waals surface area (Å²) in [4.78, 5) is 19.2. The lowest BCUT2D eigenvalue weighted by molar-refractivity contribution is -0.128. The number of carbonyl (C=O) groups excluding carboxylic acids is 1. The van der Waals surface area contributed by atoms with Crippen molar-refractivity contribution in [2.45, 2.75) is 12.3 Å². The molecule has 1 fully saturated rings. The topological polar surface area (TPSA) is 69.5 Å². The van der Waals surface area contributed by atoms with Crippen molar-refractivity contribution in [3.05, 3.63) is 60.4 Å². The molecule has 1 aliphatic rings. The molecule has 0 aliphatic carbocycles. The van der Waals surface area contributed by atoms with Gasteiger partial charge in [0.1, 0.15) is 17.3 Å².